The maximum Gasteiger partial charge on any atom is 0.234 e. The molecule has 1 aliphatic heterocycles. The number of carbonyl (C=O) groups excluding carboxylic acids is 1. The van der Waals surface area contributed by atoms with Gasteiger partial charge in [-0.25, -0.2) is 0 Å². The third-order valence-corrected chi connectivity index (χ3v) is 3.39. The van der Waals surface area contributed by atoms with Gasteiger partial charge in [0.25, 0.3) is 0 Å². The molecule has 1 saturated heterocycles. The van der Waals surface area contributed by atoms with Crippen LogP contribution in [0.5, 0.6) is 0 Å². The van der Waals surface area contributed by atoms with Gasteiger partial charge in [0, 0.05) is 6.54 Å². The van der Waals surface area contributed by atoms with Crippen molar-refractivity contribution in [2.45, 2.75) is 25.7 Å². The van der Waals surface area contributed by atoms with Gasteiger partial charge in [-0.1, -0.05) is 36.8 Å². The highest BCUT2D eigenvalue weighted by atomic mass is 16.2. The molecule has 1 fully saturated rings. The summed E-state index contributed by atoms with van der Waals surface area (Å²) in [5.41, 5.74) is 1.27. The smallest absolute Gasteiger partial charge is 0.234 e. The number of rotatable bonds is 5. The lowest BCUT2D eigenvalue weighted by atomic mass is 10.1. The SMILES string of the molecule is O=C(CN1CCCCC1)NCCc1ccccc1. The lowest BCUT2D eigenvalue weighted by Crippen LogP contribution is -2.40. The summed E-state index contributed by atoms with van der Waals surface area (Å²) in [6, 6.07) is 10.3. The van der Waals surface area contributed by atoms with Gasteiger partial charge >= 0.3 is 0 Å². The summed E-state index contributed by atoms with van der Waals surface area (Å²) in [4.78, 5) is 14.0. The van der Waals surface area contributed by atoms with E-state index in [2.05, 4.69) is 22.3 Å². The van der Waals surface area contributed by atoms with Crippen molar-refractivity contribution >= 4 is 5.91 Å². The average Bonchev–Trinajstić information content (AvgIpc) is 2.41. The quantitative estimate of drug-likeness (QED) is 0.859. The molecule has 0 unspecified atom stereocenters. The minimum atomic E-state index is 0.160. The van der Waals surface area contributed by atoms with Crippen LogP contribution >= 0.6 is 0 Å². The van der Waals surface area contributed by atoms with Crippen LogP contribution in [0.25, 0.3) is 0 Å². The van der Waals surface area contributed by atoms with Crippen LogP contribution < -0.4 is 5.32 Å². The maximum absolute atomic E-state index is 11.7. The first-order valence-corrected chi connectivity index (χ1v) is 6.87. The number of nitrogens with one attached hydrogen (secondary N) is 1. The monoisotopic (exact) mass is 246 g/mol. The summed E-state index contributed by atoms with van der Waals surface area (Å²) in [5.74, 6) is 0.160. The number of nitrogens with zero attached hydrogens (tertiary/aromatic N) is 1. The molecule has 3 nitrogen and oxygen atoms in total. The van der Waals surface area contributed by atoms with Crippen LogP contribution in [-0.2, 0) is 11.2 Å². The molecule has 1 aliphatic rings. The van der Waals surface area contributed by atoms with Gasteiger partial charge in [-0.2, -0.15) is 0 Å². The van der Waals surface area contributed by atoms with Crippen molar-refractivity contribution in [1.82, 2.24) is 10.2 Å². The first kappa shape index (κ1) is 13.1. The van der Waals surface area contributed by atoms with Gasteiger partial charge < -0.3 is 5.32 Å². The van der Waals surface area contributed by atoms with Gasteiger partial charge in [0.05, 0.1) is 6.54 Å². The fourth-order valence-corrected chi connectivity index (χ4v) is 2.37. The summed E-state index contributed by atoms with van der Waals surface area (Å²) >= 11 is 0. The molecule has 1 aromatic rings. The molecular formula is C15H22N2O. The van der Waals surface area contributed by atoms with Crippen molar-refractivity contribution in [2.24, 2.45) is 0 Å². The van der Waals surface area contributed by atoms with E-state index in [0.29, 0.717) is 6.54 Å². The van der Waals surface area contributed by atoms with Gasteiger partial charge in [-0.05, 0) is 37.9 Å². The molecule has 0 radical (unpaired) electrons. The van der Waals surface area contributed by atoms with Crippen LogP contribution in [0, 0.1) is 0 Å². The summed E-state index contributed by atoms with van der Waals surface area (Å²) in [6.07, 6.45) is 4.69. The Balaban J connectivity index is 1.62. The molecule has 1 heterocycles. The molecule has 1 aromatic carbocycles. The molecule has 3 heteroatoms. The van der Waals surface area contributed by atoms with E-state index in [0.717, 1.165) is 26.1 Å². The molecule has 0 aromatic heterocycles. The second kappa shape index (κ2) is 7.17. The third-order valence-electron chi connectivity index (χ3n) is 3.39. The highest BCUT2D eigenvalue weighted by molar-refractivity contribution is 5.78. The number of hydrogen-bond donors (Lipinski definition) is 1. The number of carbonyl (C=O) groups is 1. The van der Waals surface area contributed by atoms with E-state index in [1.54, 1.807) is 0 Å². The average molecular weight is 246 g/mol. The lowest BCUT2D eigenvalue weighted by molar-refractivity contribution is -0.122. The van der Waals surface area contributed by atoms with E-state index in [4.69, 9.17) is 0 Å². The Labute approximate surface area is 109 Å². The molecule has 0 saturated carbocycles. The zero-order chi connectivity index (χ0) is 12.6. The van der Waals surface area contributed by atoms with Crippen molar-refractivity contribution < 1.29 is 4.79 Å². The second-order valence-electron chi connectivity index (χ2n) is 4.92. The Morgan fingerprint density at radius 2 is 1.83 bits per heavy atom. The topological polar surface area (TPSA) is 32.3 Å². The molecular weight excluding hydrogens is 224 g/mol. The summed E-state index contributed by atoms with van der Waals surface area (Å²) in [5, 5.41) is 3.00. The third kappa shape index (κ3) is 4.49. The minimum absolute atomic E-state index is 0.160. The molecule has 0 atom stereocenters. The fourth-order valence-electron chi connectivity index (χ4n) is 2.37. The summed E-state index contributed by atoms with van der Waals surface area (Å²) in [6.45, 7) is 3.45. The molecule has 0 spiro atoms. The molecule has 1 amide bonds. The van der Waals surface area contributed by atoms with Gasteiger partial charge in [0.2, 0.25) is 5.91 Å². The van der Waals surface area contributed by atoms with E-state index in [9.17, 15) is 4.79 Å². The second-order valence-corrected chi connectivity index (χ2v) is 4.92. The minimum Gasteiger partial charge on any atom is -0.355 e. The van der Waals surface area contributed by atoms with Crippen LogP contribution in [0.4, 0.5) is 0 Å². The van der Waals surface area contributed by atoms with Crippen LogP contribution in [0.1, 0.15) is 24.8 Å². The Hall–Kier alpha value is -1.35. The zero-order valence-corrected chi connectivity index (χ0v) is 10.9. The van der Waals surface area contributed by atoms with Crippen LogP contribution in [0.3, 0.4) is 0 Å². The van der Waals surface area contributed by atoms with E-state index in [1.165, 1.54) is 24.8 Å². The van der Waals surface area contributed by atoms with Crippen LogP contribution in [0.2, 0.25) is 0 Å². The highest BCUT2D eigenvalue weighted by Crippen LogP contribution is 2.07. The largest absolute Gasteiger partial charge is 0.355 e. The van der Waals surface area contributed by atoms with Crippen molar-refractivity contribution in [1.29, 1.82) is 0 Å². The zero-order valence-electron chi connectivity index (χ0n) is 10.9. The predicted molar refractivity (Wildman–Crippen MR) is 73.4 cm³/mol. The van der Waals surface area contributed by atoms with Gasteiger partial charge in [-0.15, -0.1) is 0 Å². The molecule has 0 aliphatic carbocycles. The standard InChI is InChI=1S/C15H22N2O/c18-15(13-17-11-5-2-6-12-17)16-10-9-14-7-3-1-4-8-14/h1,3-4,7-8H,2,5-6,9-13H2,(H,16,18). The molecule has 0 bridgehead atoms. The molecule has 2 rings (SSSR count). The summed E-state index contributed by atoms with van der Waals surface area (Å²) < 4.78 is 0. The number of likely N-dealkylation sites (tertiary alicyclic amines) is 1. The first-order valence-electron chi connectivity index (χ1n) is 6.87. The number of amides is 1. The molecule has 98 valence electrons. The van der Waals surface area contributed by atoms with E-state index < -0.39 is 0 Å². The fraction of sp³-hybridized carbons (Fsp3) is 0.533. The molecule has 18 heavy (non-hydrogen) atoms. The predicted octanol–water partition coefficient (Wildman–Crippen LogP) is 1.83. The summed E-state index contributed by atoms with van der Waals surface area (Å²) in [7, 11) is 0. The first-order chi connectivity index (χ1) is 8.84. The number of hydrogen-bond acceptors (Lipinski definition) is 2. The normalized spacial score (nSPS) is 16.4. The Bertz CT molecular complexity index is 358. The lowest BCUT2D eigenvalue weighted by Gasteiger charge is -2.25. The Morgan fingerprint density at radius 1 is 1.11 bits per heavy atom. The van der Waals surface area contributed by atoms with Crippen LogP contribution in [0.15, 0.2) is 30.3 Å². The van der Waals surface area contributed by atoms with Gasteiger partial charge in [0.15, 0.2) is 0 Å². The number of benzene rings is 1. The Morgan fingerprint density at radius 3 is 2.56 bits per heavy atom. The van der Waals surface area contributed by atoms with Gasteiger partial charge in [-0.3, -0.25) is 9.69 Å². The van der Waals surface area contributed by atoms with Crippen molar-refractivity contribution in [3.8, 4) is 0 Å². The van der Waals surface area contributed by atoms with Crippen molar-refractivity contribution in [3.05, 3.63) is 35.9 Å². The Kier molecular flexibility index (Phi) is 5.21. The maximum atomic E-state index is 11.7. The van der Waals surface area contributed by atoms with Gasteiger partial charge in [0.1, 0.15) is 0 Å². The van der Waals surface area contributed by atoms with E-state index >= 15 is 0 Å². The van der Waals surface area contributed by atoms with Crippen molar-refractivity contribution in [2.75, 3.05) is 26.2 Å². The number of piperidine rings is 1. The van der Waals surface area contributed by atoms with Crippen LogP contribution in [-0.4, -0.2) is 37.0 Å². The van der Waals surface area contributed by atoms with Crippen molar-refractivity contribution in [3.63, 3.8) is 0 Å². The highest BCUT2D eigenvalue weighted by Gasteiger charge is 2.13. The van der Waals surface area contributed by atoms with E-state index in [1.807, 2.05) is 18.2 Å². The molecule has 1 N–H and O–H groups in total. The van der Waals surface area contributed by atoms with E-state index in [-0.39, 0.29) is 5.91 Å².